The van der Waals surface area contributed by atoms with Gasteiger partial charge < -0.3 is 10.8 Å². The number of hydrogen-bond acceptors (Lipinski definition) is 2. The smallest absolute Gasteiger partial charge is 0.336 e. The molecule has 0 spiro atoms. The summed E-state index contributed by atoms with van der Waals surface area (Å²) in [7, 11) is 0. The van der Waals surface area contributed by atoms with E-state index in [0.717, 1.165) is 5.56 Å². The lowest BCUT2D eigenvalue weighted by molar-refractivity contribution is 0.0695. The molecule has 0 saturated carbocycles. The first-order valence-electron chi connectivity index (χ1n) is 3.81. The van der Waals surface area contributed by atoms with E-state index >= 15 is 0 Å². The molecule has 0 aliphatic carbocycles. The number of nitrogens with two attached hydrogens (primary N) is 1. The summed E-state index contributed by atoms with van der Waals surface area (Å²) < 4.78 is 0.567. The van der Waals surface area contributed by atoms with Crippen molar-refractivity contribution in [3.05, 3.63) is 33.8 Å². The Kier molecular flexibility index (Phi) is 3.06. The summed E-state index contributed by atoms with van der Waals surface area (Å²) >= 11 is 3.22. The lowest BCUT2D eigenvalue weighted by Gasteiger charge is -2.09. The molecule has 1 unspecified atom stereocenters. The van der Waals surface area contributed by atoms with Crippen LogP contribution in [-0.2, 0) is 0 Å². The van der Waals surface area contributed by atoms with Crippen molar-refractivity contribution in [2.45, 2.75) is 13.0 Å². The van der Waals surface area contributed by atoms with Gasteiger partial charge in [-0.3, -0.25) is 0 Å². The normalized spacial score (nSPS) is 12.5. The van der Waals surface area contributed by atoms with Crippen LogP contribution in [0.1, 0.15) is 28.9 Å². The molecule has 0 radical (unpaired) electrons. The molecule has 1 aromatic carbocycles. The Morgan fingerprint density at radius 1 is 1.62 bits per heavy atom. The van der Waals surface area contributed by atoms with E-state index in [2.05, 4.69) is 15.9 Å². The highest BCUT2D eigenvalue weighted by molar-refractivity contribution is 9.10. The third kappa shape index (κ3) is 2.08. The van der Waals surface area contributed by atoms with E-state index in [9.17, 15) is 4.79 Å². The van der Waals surface area contributed by atoms with Gasteiger partial charge in [0.15, 0.2) is 0 Å². The molecule has 0 aliphatic rings. The molecule has 3 N–H and O–H groups in total. The van der Waals surface area contributed by atoms with Crippen molar-refractivity contribution in [3.8, 4) is 0 Å². The topological polar surface area (TPSA) is 63.3 Å². The van der Waals surface area contributed by atoms with Gasteiger partial charge in [0.25, 0.3) is 0 Å². The van der Waals surface area contributed by atoms with Crippen LogP contribution < -0.4 is 5.73 Å². The monoisotopic (exact) mass is 243 g/mol. The molecule has 1 rings (SSSR count). The van der Waals surface area contributed by atoms with Crippen LogP contribution in [0.15, 0.2) is 22.7 Å². The maximum Gasteiger partial charge on any atom is 0.336 e. The van der Waals surface area contributed by atoms with Gasteiger partial charge in [0.2, 0.25) is 0 Å². The molecule has 4 heteroatoms. The van der Waals surface area contributed by atoms with Gasteiger partial charge in [-0.15, -0.1) is 0 Å². The Bertz CT molecular complexity index is 336. The summed E-state index contributed by atoms with van der Waals surface area (Å²) in [5.74, 6) is -0.950. The largest absolute Gasteiger partial charge is 0.478 e. The third-order valence-electron chi connectivity index (χ3n) is 1.75. The van der Waals surface area contributed by atoms with Crippen LogP contribution in [0.2, 0.25) is 0 Å². The van der Waals surface area contributed by atoms with E-state index in [0.29, 0.717) is 4.47 Å². The number of benzene rings is 1. The number of rotatable bonds is 2. The van der Waals surface area contributed by atoms with Gasteiger partial charge in [-0.2, -0.15) is 0 Å². The van der Waals surface area contributed by atoms with Crippen molar-refractivity contribution in [2.75, 3.05) is 0 Å². The molecule has 0 heterocycles. The molecule has 0 aromatic heterocycles. The van der Waals surface area contributed by atoms with E-state index in [-0.39, 0.29) is 11.6 Å². The first-order chi connectivity index (χ1) is 6.04. The zero-order chi connectivity index (χ0) is 10.0. The van der Waals surface area contributed by atoms with Crippen molar-refractivity contribution in [3.63, 3.8) is 0 Å². The zero-order valence-electron chi connectivity index (χ0n) is 7.12. The van der Waals surface area contributed by atoms with Crippen LogP contribution in [0.4, 0.5) is 0 Å². The van der Waals surface area contributed by atoms with Crippen LogP contribution in [0, 0.1) is 0 Å². The Morgan fingerprint density at radius 3 is 2.69 bits per heavy atom. The van der Waals surface area contributed by atoms with Gasteiger partial charge in [0, 0.05) is 10.5 Å². The molecule has 70 valence electrons. The number of carboxylic acid groups (broad SMARTS) is 1. The van der Waals surface area contributed by atoms with Gasteiger partial charge >= 0.3 is 5.97 Å². The molecule has 3 nitrogen and oxygen atoms in total. The summed E-state index contributed by atoms with van der Waals surface area (Å²) in [6.45, 7) is 1.81. The molecule has 1 atom stereocenters. The Labute approximate surface area is 84.7 Å². The van der Waals surface area contributed by atoms with E-state index in [1.165, 1.54) is 6.07 Å². The quantitative estimate of drug-likeness (QED) is 0.837. The van der Waals surface area contributed by atoms with Crippen LogP contribution in [0.5, 0.6) is 0 Å². The van der Waals surface area contributed by atoms with Gasteiger partial charge in [-0.25, -0.2) is 4.79 Å². The minimum atomic E-state index is -0.950. The van der Waals surface area contributed by atoms with Crippen molar-refractivity contribution in [1.82, 2.24) is 0 Å². The number of aromatic carboxylic acids is 1. The second kappa shape index (κ2) is 3.89. The average Bonchev–Trinajstić information content (AvgIpc) is 2.03. The number of halogens is 1. The highest BCUT2D eigenvalue weighted by Crippen LogP contribution is 2.25. The lowest BCUT2D eigenvalue weighted by atomic mass is 10.1. The molecular weight excluding hydrogens is 234 g/mol. The predicted octanol–water partition coefficient (Wildman–Crippen LogP) is 2.17. The summed E-state index contributed by atoms with van der Waals surface area (Å²) in [5.41, 5.74) is 6.71. The first kappa shape index (κ1) is 10.2. The Hall–Kier alpha value is -0.870. The predicted molar refractivity (Wildman–Crippen MR) is 53.7 cm³/mol. The van der Waals surface area contributed by atoms with Gasteiger partial charge in [-0.05, 0) is 34.5 Å². The minimum Gasteiger partial charge on any atom is -0.478 e. The third-order valence-corrected chi connectivity index (χ3v) is 2.63. The summed E-state index contributed by atoms with van der Waals surface area (Å²) in [6, 6.07) is 4.86. The fourth-order valence-electron chi connectivity index (χ4n) is 1.07. The van der Waals surface area contributed by atoms with E-state index in [4.69, 9.17) is 10.8 Å². The Balaban J connectivity index is 3.26. The number of carbonyl (C=O) groups is 1. The van der Waals surface area contributed by atoms with Crippen molar-refractivity contribution >= 4 is 21.9 Å². The molecule has 0 bridgehead atoms. The highest BCUT2D eigenvalue weighted by Gasteiger charge is 2.12. The molecule has 0 saturated heterocycles. The SMILES string of the molecule is CC(N)c1cccc(C(=O)O)c1Br. The van der Waals surface area contributed by atoms with E-state index in [1.54, 1.807) is 12.1 Å². The van der Waals surface area contributed by atoms with Gasteiger partial charge in [0.1, 0.15) is 0 Å². The number of carboxylic acids is 1. The molecular formula is C9H10BrNO2. The molecule has 0 amide bonds. The fourth-order valence-corrected chi connectivity index (χ4v) is 1.86. The van der Waals surface area contributed by atoms with Gasteiger partial charge in [-0.1, -0.05) is 12.1 Å². The zero-order valence-corrected chi connectivity index (χ0v) is 8.71. The maximum atomic E-state index is 10.7. The van der Waals surface area contributed by atoms with Crippen LogP contribution in [0.25, 0.3) is 0 Å². The average molecular weight is 244 g/mol. The van der Waals surface area contributed by atoms with Crippen LogP contribution >= 0.6 is 15.9 Å². The molecule has 0 aliphatic heterocycles. The van der Waals surface area contributed by atoms with Crippen LogP contribution in [0.3, 0.4) is 0 Å². The Morgan fingerprint density at radius 2 is 2.23 bits per heavy atom. The van der Waals surface area contributed by atoms with Gasteiger partial charge in [0.05, 0.1) is 5.56 Å². The molecule has 13 heavy (non-hydrogen) atoms. The van der Waals surface area contributed by atoms with E-state index in [1.807, 2.05) is 6.92 Å². The summed E-state index contributed by atoms with van der Waals surface area (Å²) in [4.78, 5) is 10.7. The fraction of sp³-hybridized carbons (Fsp3) is 0.222. The second-order valence-electron chi connectivity index (χ2n) is 2.80. The van der Waals surface area contributed by atoms with Crippen molar-refractivity contribution in [1.29, 1.82) is 0 Å². The maximum absolute atomic E-state index is 10.7. The molecule has 1 aromatic rings. The second-order valence-corrected chi connectivity index (χ2v) is 3.60. The van der Waals surface area contributed by atoms with Crippen molar-refractivity contribution in [2.24, 2.45) is 5.73 Å². The van der Waals surface area contributed by atoms with E-state index < -0.39 is 5.97 Å². The summed E-state index contributed by atoms with van der Waals surface area (Å²) in [6.07, 6.45) is 0. The van der Waals surface area contributed by atoms with Crippen molar-refractivity contribution < 1.29 is 9.90 Å². The first-order valence-corrected chi connectivity index (χ1v) is 4.60. The minimum absolute atomic E-state index is 0.173. The molecule has 0 fully saturated rings. The van der Waals surface area contributed by atoms with Crippen LogP contribution in [-0.4, -0.2) is 11.1 Å². The standard InChI is InChI=1S/C9H10BrNO2/c1-5(11)6-3-2-4-7(8(6)10)9(12)13/h2-5H,11H2,1H3,(H,12,13). The lowest BCUT2D eigenvalue weighted by Crippen LogP contribution is -2.08. The number of hydrogen-bond donors (Lipinski definition) is 2. The highest BCUT2D eigenvalue weighted by atomic mass is 79.9. The summed E-state index contributed by atoms with van der Waals surface area (Å²) in [5, 5.41) is 8.80.